The van der Waals surface area contributed by atoms with Gasteiger partial charge in [-0.2, -0.15) is 0 Å². The molecular formula is C16H19F2N5O2S2. The summed E-state index contributed by atoms with van der Waals surface area (Å²) in [5.74, 6) is -2.40. The van der Waals surface area contributed by atoms with Gasteiger partial charge in [-0.3, -0.25) is 9.59 Å². The van der Waals surface area contributed by atoms with Crippen LogP contribution in [0.2, 0.25) is 0 Å². The van der Waals surface area contributed by atoms with Crippen molar-refractivity contribution in [2.45, 2.75) is 18.2 Å². The summed E-state index contributed by atoms with van der Waals surface area (Å²) in [6.45, 7) is 4.66. The Morgan fingerprint density at radius 3 is 2.67 bits per heavy atom. The first-order valence-electron chi connectivity index (χ1n) is 8.05. The molecule has 0 aliphatic rings. The number of hydrogen-bond acceptors (Lipinski definition) is 7. The Morgan fingerprint density at radius 2 is 1.96 bits per heavy atom. The quantitative estimate of drug-likeness (QED) is 0.545. The Morgan fingerprint density at radius 1 is 1.19 bits per heavy atom. The topological polar surface area (TPSA) is 96.0 Å². The summed E-state index contributed by atoms with van der Waals surface area (Å²) in [4.78, 5) is 23.6. The molecule has 0 spiro atoms. The largest absolute Gasteiger partial charge is 0.360 e. The number of nitrogens with one attached hydrogen (secondary N) is 3. The number of carbonyl (C=O) groups excluding carboxylic acids is 2. The molecule has 2 aromatic rings. The van der Waals surface area contributed by atoms with Crippen molar-refractivity contribution < 1.29 is 18.4 Å². The number of nitrogens with zero attached hydrogens (tertiary/aromatic N) is 2. The highest BCUT2D eigenvalue weighted by atomic mass is 32.2. The lowest BCUT2D eigenvalue weighted by molar-refractivity contribution is -0.122. The number of carbonyl (C=O) groups is 2. The van der Waals surface area contributed by atoms with Crippen molar-refractivity contribution in [2.75, 3.05) is 29.5 Å². The van der Waals surface area contributed by atoms with E-state index in [2.05, 4.69) is 40.0 Å². The summed E-state index contributed by atoms with van der Waals surface area (Å²) in [7, 11) is 0. The van der Waals surface area contributed by atoms with Crippen LogP contribution in [0.25, 0.3) is 0 Å². The van der Waals surface area contributed by atoms with Gasteiger partial charge in [0.15, 0.2) is 16.0 Å². The predicted octanol–water partition coefficient (Wildman–Crippen LogP) is 2.73. The second-order valence-electron chi connectivity index (χ2n) is 5.89. The van der Waals surface area contributed by atoms with Gasteiger partial charge in [0.05, 0.1) is 12.3 Å². The summed E-state index contributed by atoms with van der Waals surface area (Å²) in [6.07, 6.45) is 0. The van der Waals surface area contributed by atoms with E-state index in [4.69, 9.17) is 0 Å². The molecule has 1 aromatic heterocycles. The van der Waals surface area contributed by atoms with Gasteiger partial charge in [0.25, 0.3) is 0 Å². The summed E-state index contributed by atoms with van der Waals surface area (Å²) in [5, 5.41) is 16.6. The molecule has 2 amide bonds. The molecule has 27 heavy (non-hydrogen) atoms. The maximum atomic E-state index is 13.1. The molecule has 0 aliphatic carbocycles. The van der Waals surface area contributed by atoms with Gasteiger partial charge in [-0.05, 0) is 18.1 Å². The van der Waals surface area contributed by atoms with Gasteiger partial charge in [0.1, 0.15) is 0 Å². The lowest BCUT2D eigenvalue weighted by atomic mass is 10.2. The predicted molar refractivity (Wildman–Crippen MR) is 102 cm³/mol. The Bertz CT molecular complexity index is 801. The highest BCUT2D eigenvalue weighted by Crippen LogP contribution is 2.25. The lowest BCUT2D eigenvalue weighted by Crippen LogP contribution is -2.33. The number of thioether (sulfide) groups is 1. The minimum Gasteiger partial charge on any atom is -0.360 e. The summed E-state index contributed by atoms with van der Waals surface area (Å²) < 4.78 is 26.6. The van der Waals surface area contributed by atoms with E-state index >= 15 is 0 Å². The van der Waals surface area contributed by atoms with Crippen molar-refractivity contribution >= 4 is 45.7 Å². The smallest absolute Gasteiger partial charge is 0.243 e. The van der Waals surface area contributed by atoms with Crippen molar-refractivity contribution in [1.82, 2.24) is 15.5 Å². The van der Waals surface area contributed by atoms with Crippen LogP contribution >= 0.6 is 23.1 Å². The van der Waals surface area contributed by atoms with E-state index < -0.39 is 17.5 Å². The molecule has 0 aliphatic heterocycles. The Labute approximate surface area is 163 Å². The van der Waals surface area contributed by atoms with Crippen LogP contribution in [0, 0.1) is 17.6 Å². The first kappa shape index (κ1) is 21.0. The van der Waals surface area contributed by atoms with E-state index in [1.54, 1.807) is 0 Å². The zero-order valence-corrected chi connectivity index (χ0v) is 16.3. The normalized spacial score (nSPS) is 10.7. The maximum Gasteiger partial charge on any atom is 0.243 e. The van der Waals surface area contributed by atoms with Crippen LogP contribution < -0.4 is 16.0 Å². The lowest BCUT2D eigenvalue weighted by Gasteiger charge is -2.07. The van der Waals surface area contributed by atoms with Gasteiger partial charge < -0.3 is 16.0 Å². The zero-order chi connectivity index (χ0) is 19.8. The van der Waals surface area contributed by atoms with E-state index in [9.17, 15) is 18.4 Å². The minimum atomic E-state index is -1.06. The Hall–Kier alpha value is -2.27. The van der Waals surface area contributed by atoms with Crippen molar-refractivity contribution in [3.63, 3.8) is 0 Å². The van der Waals surface area contributed by atoms with Crippen molar-refractivity contribution in [3.05, 3.63) is 29.8 Å². The van der Waals surface area contributed by atoms with Crippen LogP contribution in [0.15, 0.2) is 22.5 Å². The summed E-state index contributed by atoms with van der Waals surface area (Å²) >= 11 is 2.56. The number of benzene rings is 1. The van der Waals surface area contributed by atoms with Gasteiger partial charge in [-0.1, -0.05) is 36.9 Å². The number of halogens is 2. The highest BCUT2D eigenvalue weighted by Gasteiger charge is 2.11. The van der Waals surface area contributed by atoms with Crippen LogP contribution in [0.5, 0.6) is 0 Å². The molecule has 0 bridgehead atoms. The molecular weight excluding hydrogens is 396 g/mol. The molecule has 0 atom stereocenters. The first-order chi connectivity index (χ1) is 12.8. The molecule has 0 unspecified atom stereocenters. The van der Waals surface area contributed by atoms with E-state index in [-0.39, 0.29) is 23.9 Å². The summed E-state index contributed by atoms with van der Waals surface area (Å²) in [5.41, 5.74) is 0.109. The average molecular weight is 415 g/mol. The third kappa shape index (κ3) is 7.47. The molecule has 0 radical (unpaired) electrons. The molecule has 0 saturated carbocycles. The van der Waals surface area contributed by atoms with Gasteiger partial charge in [0, 0.05) is 18.3 Å². The van der Waals surface area contributed by atoms with E-state index in [0.29, 0.717) is 15.4 Å². The van der Waals surface area contributed by atoms with E-state index in [1.165, 1.54) is 29.2 Å². The fourth-order valence-corrected chi connectivity index (χ4v) is 3.36. The standard InChI is InChI=1S/C16H19F2N5O2S2/c1-9(2)6-20-15-22-23-16(27-15)26-8-14(25)19-7-13(24)21-10-3-4-11(17)12(18)5-10/h3-5,9H,6-8H2,1-2H3,(H,19,25)(H,20,22)(H,21,24). The number of hydrogen-bond donors (Lipinski definition) is 3. The highest BCUT2D eigenvalue weighted by molar-refractivity contribution is 8.01. The van der Waals surface area contributed by atoms with Gasteiger partial charge in [-0.25, -0.2) is 8.78 Å². The van der Waals surface area contributed by atoms with Gasteiger partial charge >= 0.3 is 0 Å². The number of amides is 2. The molecule has 146 valence electrons. The average Bonchev–Trinajstić information content (AvgIpc) is 3.07. The van der Waals surface area contributed by atoms with Crippen molar-refractivity contribution in [1.29, 1.82) is 0 Å². The van der Waals surface area contributed by atoms with E-state index in [1.807, 2.05) is 0 Å². The molecule has 11 heteroatoms. The number of rotatable bonds is 9. The Balaban J connectivity index is 1.69. The molecule has 7 nitrogen and oxygen atoms in total. The molecule has 0 saturated heterocycles. The molecule has 1 heterocycles. The van der Waals surface area contributed by atoms with Crippen LogP contribution in [-0.2, 0) is 9.59 Å². The second kappa shape index (κ2) is 10.2. The summed E-state index contributed by atoms with van der Waals surface area (Å²) in [6, 6.07) is 3.01. The van der Waals surface area contributed by atoms with Crippen LogP contribution in [0.4, 0.5) is 19.6 Å². The molecule has 1 aromatic carbocycles. The zero-order valence-electron chi connectivity index (χ0n) is 14.7. The van der Waals surface area contributed by atoms with Crippen molar-refractivity contribution in [3.8, 4) is 0 Å². The monoisotopic (exact) mass is 415 g/mol. The van der Waals surface area contributed by atoms with Crippen molar-refractivity contribution in [2.24, 2.45) is 5.92 Å². The molecule has 2 rings (SSSR count). The fraction of sp³-hybridized carbons (Fsp3) is 0.375. The minimum absolute atomic E-state index is 0.0806. The van der Waals surface area contributed by atoms with Crippen LogP contribution in [-0.4, -0.2) is 40.9 Å². The molecule has 0 fully saturated rings. The van der Waals surface area contributed by atoms with Gasteiger partial charge in [0.2, 0.25) is 16.9 Å². The first-order valence-corrected chi connectivity index (χ1v) is 9.85. The third-order valence-electron chi connectivity index (χ3n) is 3.04. The maximum absolute atomic E-state index is 13.1. The van der Waals surface area contributed by atoms with Crippen LogP contribution in [0.3, 0.4) is 0 Å². The van der Waals surface area contributed by atoms with E-state index in [0.717, 1.165) is 18.7 Å². The third-order valence-corrected chi connectivity index (χ3v) is 5.06. The fourth-order valence-electron chi connectivity index (χ4n) is 1.77. The second-order valence-corrected chi connectivity index (χ2v) is 8.09. The Kier molecular flexibility index (Phi) is 7.92. The SMILES string of the molecule is CC(C)CNc1nnc(SCC(=O)NCC(=O)Nc2ccc(F)c(F)c2)s1. The van der Waals surface area contributed by atoms with Gasteiger partial charge in [-0.15, -0.1) is 10.2 Å². The number of aromatic nitrogens is 2. The molecule has 3 N–H and O–H groups in total. The number of anilines is 2. The van der Waals surface area contributed by atoms with Crippen LogP contribution in [0.1, 0.15) is 13.8 Å².